The molecule has 1 fully saturated rings. The van der Waals surface area contributed by atoms with Gasteiger partial charge in [0.15, 0.2) is 5.16 Å². The van der Waals surface area contributed by atoms with Gasteiger partial charge < -0.3 is 5.73 Å². The Morgan fingerprint density at radius 2 is 2.47 bits per heavy atom. The van der Waals surface area contributed by atoms with Crippen molar-refractivity contribution in [1.82, 2.24) is 14.8 Å². The lowest BCUT2D eigenvalue weighted by atomic mass is 10.3. The highest BCUT2D eigenvalue weighted by Crippen LogP contribution is 2.32. The Morgan fingerprint density at radius 3 is 3.07 bits per heavy atom. The van der Waals surface area contributed by atoms with Crippen molar-refractivity contribution in [1.29, 1.82) is 0 Å². The van der Waals surface area contributed by atoms with Crippen LogP contribution in [0, 0.1) is 0 Å². The molecule has 5 nitrogen and oxygen atoms in total. The average molecular weight is 228 g/mol. The van der Waals surface area contributed by atoms with E-state index in [1.807, 2.05) is 6.92 Å². The van der Waals surface area contributed by atoms with Gasteiger partial charge in [-0.05, 0) is 19.8 Å². The molecule has 1 aliphatic rings. The molecule has 2 unspecified atom stereocenters. The molecule has 0 aliphatic heterocycles. The van der Waals surface area contributed by atoms with E-state index in [-0.39, 0.29) is 11.7 Å². The molecular weight excluding hydrogens is 212 g/mol. The molecule has 1 saturated carbocycles. The Labute approximate surface area is 92.4 Å². The van der Waals surface area contributed by atoms with Crippen LogP contribution in [0.2, 0.25) is 0 Å². The number of thioether (sulfide) groups is 1. The van der Waals surface area contributed by atoms with E-state index >= 15 is 0 Å². The van der Waals surface area contributed by atoms with Gasteiger partial charge in [0, 0.05) is 17.8 Å². The molecule has 15 heavy (non-hydrogen) atoms. The van der Waals surface area contributed by atoms with E-state index in [0.29, 0.717) is 11.8 Å². The van der Waals surface area contributed by atoms with Gasteiger partial charge in [0.05, 0.1) is 0 Å². The minimum atomic E-state index is -0.133. The molecule has 3 N–H and O–H groups in total. The number of aromatic amines is 1. The monoisotopic (exact) mass is 228 g/mol. The molecule has 0 aromatic carbocycles. The second-order valence-corrected chi connectivity index (χ2v) is 5.01. The minimum absolute atomic E-state index is 0.133. The predicted octanol–water partition coefficient (Wildman–Crippen LogP) is 0.563. The highest BCUT2D eigenvalue weighted by atomic mass is 32.2. The number of nitrogens with one attached hydrogen (secondary N) is 1. The third kappa shape index (κ3) is 2.10. The molecule has 1 aromatic heterocycles. The number of hydrogen-bond donors (Lipinski definition) is 2. The fraction of sp³-hybridized carbons (Fsp3) is 0.778. The van der Waals surface area contributed by atoms with Gasteiger partial charge in [-0.25, -0.2) is 9.89 Å². The zero-order chi connectivity index (χ0) is 10.8. The zero-order valence-corrected chi connectivity index (χ0v) is 9.59. The first-order valence-corrected chi connectivity index (χ1v) is 6.17. The first kappa shape index (κ1) is 10.8. The summed E-state index contributed by atoms with van der Waals surface area (Å²) in [5, 5.41) is 7.67. The van der Waals surface area contributed by atoms with Gasteiger partial charge in [-0.1, -0.05) is 18.2 Å². The molecule has 2 rings (SSSR count). The molecule has 6 heteroatoms. The fourth-order valence-electron chi connectivity index (χ4n) is 1.91. The Hall–Kier alpha value is -0.750. The molecule has 0 spiro atoms. The molecule has 0 bridgehead atoms. The summed E-state index contributed by atoms with van der Waals surface area (Å²) in [5.41, 5.74) is 5.85. The summed E-state index contributed by atoms with van der Waals surface area (Å²) in [6.07, 6.45) is 3.38. The Kier molecular flexibility index (Phi) is 3.16. The van der Waals surface area contributed by atoms with Gasteiger partial charge in [0.1, 0.15) is 0 Å². The maximum atomic E-state index is 11.3. The fourth-order valence-corrected chi connectivity index (χ4v) is 3.21. The van der Waals surface area contributed by atoms with Crippen molar-refractivity contribution in [2.45, 2.75) is 49.2 Å². The van der Waals surface area contributed by atoms with Crippen molar-refractivity contribution in [2.24, 2.45) is 5.73 Å². The number of H-pyrrole nitrogens is 1. The van der Waals surface area contributed by atoms with Crippen LogP contribution < -0.4 is 11.4 Å². The van der Waals surface area contributed by atoms with Gasteiger partial charge in [0.25, 0.3) is 0 Å². The summed E-state index contributed by atoms with van der Waals surface area (Å²) < 4.78 is 1.65. The summed E-state index contributed by atoms with van der Waals surface area (Å²) in [6, 6.07) is 0.243. The van der Waals surface area contributed by atoms with E-state index in [1.165, 1.54) is 6.42 Å². The molecule has 84 valence electrons. The summed E-state index contributed by atoms with van der Waals surface area (Å²) in [5.74, 6) is 0. The highest BCUT2D eigenvalue weighted by molar-refractivity contribution is 7.99. The third-order valence-electron chi connectivity index (χ3n) is 2.80. The Balaban J connectivity index is 2.13. The van der Waals surface area contributed by atoms with Gasteiger partial charge in [-0.15, -0.1) is 5.10 Å². The van der Waals surface area contributed by atoms with Crippen molar-refractivity contribution in [3.63, 3.8) is 0 Å². The number of hydrogen-bond acceptors (Lipinski definition) is 4. The van der Waals surface area contributed by atoms with Crippen LogP contribution in [0.4, 0.5) is 0 Å². The number of nitrogens with two attached hydrogens (primary N) is 1. The van der Waals surface area contributed by atoms with Gasteiger partial charge in [0.2, 0.25) is 0 Å². The van der Waals surface area contributed by atoms with Crippen molar-refractivity contribution < 1.29 is 0 Å². The van der Waals surface area contributed by atoms with E-state index in [4.69, 9.17) is 5.73 Å². The average Bonchev–Trinajstić information content (AvgIpc) is 2.76. The van der Waals surface area contributed by atoms with Gasteiger partial charge >= 0.3 is 5.69 Å². The Morgan fingerprint density at radius 1 is 1.67 bits per heavy atom. The molecule has 0 saturated heterocycles. The van der Waals surface area contributed by atoms with Crippen LogP contribution in [0.3, 0.4) is 0 Å². The van der Waals surface area contributed by atoms with E-state index in [2.05, 4.69) is 10.2 Å². The molecule has 1 heterocycles. The summed E-state index contributed by atoms with van der Waals surface area (Å²) >= 11 is 1.63. The number of aromatic nitrogens is 3. The van der Waals surface area contributed by atoms with Crippen molar-refractivity contribution in [2.75, 3.05) is 0 Å². The molecule has 0 radical (unpaired) electrons. The zero-order valence-electron chi connectivity index (χ0n) is 8.77. The second-order valence-electron chi connectivity index (χ2n) is 3.81. The summed E-state index contributed by atoms with van der Waals surface area (Å²) in [6.45, 7) is 2.59. The second kappa shape index (κ2) is 4.40. The molecule has 0 amide bonds. The van der Waals surface area contributed by atoms with E-state index < -0.39 is 0 Å². The standard InChI is InChI=1S/C9H16N4OS/c1-2-13-8(14)11-12-9(13)15-7-5-3-4-6(7)10/h6-7H,2-5,10H2,1H3,(H,11,14). The van der Waals surface area contributed by atoms with Crippen LogP contribution in [0.15, 0.2) is 9.95 Å². The van der Waals surface area contributed by atoms with E-state index in [9.17, 15) is 4.79 Å². The van der Waals surface area contributed by atoms with Gasteiger partial charge in [-0.2, -0.15) is 0 Å². The quantitative estimate of drug-likeness (QED) is 0.792. The summed E-state index contributed by atoms with van der Waals surface area (Å²) in [4.78, 5) is 11.3. The minimum Gasteiger partial charge on any atom is -0.327 e. The van der Waals surface area contributed by atoms with Crippen molar-refractivity contribution in [3.05, 3.63) is 10.5 Å². The normalized spacial score (nSPS) is 26.0. The first-order chi connectivity index (χ1) is 7.22. The highest BCUT2D eigenvalue weighted by Gasteiger charge is 2.26. The van der Waals surface area contributed by atoms with Crippen LogP contribution in [0.25, 0.3) is 0 Å². The predicted molar refractivity (Wildman–Crippen MR) is 60.0 cm³/mol. The maximum Gasteiger partial charge on any atom is 0.343 e. The summed E-state index contributed by atoms with van der Waals surface area (Å²) in [7, 11) is 0. The van der Waals surface area contributed by atoms with Crippen molar-refractivity contribution in [3.8, 4) is 0 Å². The third-order valence-corrected chi connectivity index (χ3v) is 4.21. The SMILES string of the molecule is CCn1c(SC2CCCC2N)n[nH]c1=O. The number of nitrogens with zero attached hydrogens (tertiary/aromatic N) is 2. The van der Waals surface area contributed by atoms with Crippen molar-refractivity contribution >= 4 is 11.8 Å². The van der Waals surface area contributed by atoms with Gasteiger partial charge in [-0.3, -0.25) is 4.57 Å². The van der Waals surface area contributed by atoms with E-state index in [0.717, 1.165) is 18.0 Å². The molecule has 1 aliphatic carbocycles. The van der Waals surface area contributed by atoms with Crippen LogP contribution in [0.1, 0.15) is 26.2 Å². The lowest BCUT2D eigenvalue weighted by Crippen LogP contribution is -2.27. The van der Waals surface area contributed by atoms with Crippen LogP contribution in [-0.4, -0.2) is 26.1 Å². The van der Waals surface area contributed by atoms with E-state index in [1.54, 1.807) is 16.3 Å². The molecule has 1 aromatic rings. The largest absolute Gasteiger partial charge is 0.343 e. The topological polar surface area (TPSA) is 76.7 Å². The lowest BCUT2D eigenvalue weighted by molar-refractivity contribution is 0.653. The lowest BCUT2D eigenvalue weighted by Gasteiger charge is -2.13. The Bertz CT molecular complexity index is 386. The molecule has 2 atom stereocenters. The number of rotatable bonds is 3. The van der Waals surface area contributed by atoms with Crippen LogP contribution in [0.5, 0.6) is 0 Å². The first-order valence-electron chi connectivity index (χ1n) is 5.29. The smallest absolute Gasteiger partial charge is 0.327 e. The molecular formula is C9H16N4OS. The van der Waals surface area contributed by atoms with Crippen LogP contribution in [-0.2, 0) is 6.54 Å². The van der Waals surface area contributed by atoms with Crippen LogP contribution >= 0.6 is 11.8 Å². The maximum absolute atomic E-state index is 11.3.